The lowest BCUT2D eigenvalue weighted by Crippen LogP contribution is -2.49. The maximum Gasteiger partial charge on any atom is 0.251 e. The molecule has 0 spiro atoms. The standard InChI is InChI=1S/C17H22ClN3O3/c18-14-3-1-2-13(8-14)11-21-17(23)16(22)15(9-19)20-10-12-4-6-24-7-5-12/h1-3,8,12,15-16,20,22H,4-7,10-11H2,(H,21,23). The number of nitrogens with zero attached hydrogens (tertiary/aromatic N) is 1. The molecule has 0 radical (unpaired) electrons. The number of aliphatic hydroxyl groups is 1. The van der Waals surface area contributed by atoms with Gasteiger partial charge in [-0.05, 0) is 43.0 Å². The first kappa shape index (κ1) is 18.7. The van der Waals surface area contributed by atoms with Gasteiger partial charge in [0, 0.05) is 24.8 Å². The van der Waals surface area contributed by atoms with Gasteiger partial charge in [0.05, 0.1) is 6.07 Å². The molecule has 130 valence electrons. The Labute approximate surface area is 146 Å². The highest BCUT2D eigenvalue weighted by Crippen LogP contribution is 2.14. The van der Waals surface area contributed by atoms with Gasteiger partial charge < -0.3 is 15.2 Å². The summed E-state index contributed by atoms with van der Waals surface area (Å²) in [7, 11) is 0. The van der Waals surface area contributed by atoms with Crippen LogP contribution in [0.4, 0.5) is 0 Å². The van der Waals surface area contributed by atoms with E-state index in [1.807, 2.05) is 12.1 Å². The molecule has 0 aliphatic carbocycles. The minimum absolute atomic E-state index is 0.245. The largest absolute Gasteiger partial charge is 0.381 e. The molecule has 1 amide bonds. The van der Waals surface area contributed by atoms with Crippen LogP contribution in [0.5, 0.6) is 0 Å². The predicted octanol–water partition coefficient (Wildman–Crippen LogP) is 1.23. The van der Waals surface area contributed by atoms with Gasteiger partial charge in [0.25, 0.3) is 5.91 Å². The Balaban J connectivity index is 1.79. The molecule has 2 rings (SSSR count). The maximum atomic E-state index is 12.0. The number of halogens is 1. The molecule has 1 heterocycles. The lowest BCUT2D eigenvalue weighted by atomic mass is 9.99. The monoisotopic (exact) mass is 351 g/mol. The number of hydrogen-bond acceptors (Lipinski definition) is 5. The molecule has 0 bridgehead atoms. The van der Waals surface area contributed by atoms with Crippen molar-refractivity contribution >= 4 is 17.5 Å². The number of amides is 1. The van der Waals surface area contributed by atoms with Gasteiger partial charge in [0.2, 0.25) is 0 Å². The van der Waals surface area contributed by atoms with E-state index >= 15 is 0 Å². The van der Waals surface area contributed by atoms with E-state index in [4.69, 9.17) is 16.3 Å². The third-order valence-corrected chi connectivity index (χ3v) is 4.28. The fourth-order valence-electron chi connectivity index (χ4n) is 2.56. The van der Waals surface area contributed by atoms with E-state index in [-0.39, 0.29) is 6.54 Å². The van der Waals surface area contributed by atoms with Crippen molar-refractivity contribution in [3.05, 3.63) is 34.9 Å². The third kappa shape index (κ3) is 5.77. The normalized spacial score (nSPS) is 17.7. The van der Waals surface area contributed by atoms with Crippen molar-refractivity contribution in [1.82, 2.24) is 10.6 Å². The fraction of sp³-hybridized carbons (Fsp3) is 0.529. The Morgan fingerprint density at radius 1 is 1.46 bits per heavy atom. The maximum absolute atomic E-state index is 12.0. The first-order valence-electron chi connectivity index (χ1n) is 8.01. The Morgan fingerprint density at radius 3 is 2.88 bits per heavy atom. The molecule has 2 atom stereocenters. The van der Waals surface area contributed by atoms with E-state index in [2.05, 4.69) is 10.6 Å². The molecule has 1 aliphatic rings. The summed E-state index contributed by atoms with van der Waals surface area (Å²) >= 11 is 5.89. The SMILES string of the molecule is N#CC(NCC1CCOCC1)C(O)C(=O)NCc1cccc(Cl)c1. The lowest BCUT2D eigenvalue weighted by Gasteiger charge is -2.24. The number of nitrogens with one attached hydrogen (secondary N) is 2. The Kier molecular flexibility index (Phi) is 7.47. The summed E-state index contributed by atoms with van der Waals surface area (Å²) in [6.07, 6.45) is 0.416. The number of carbonyl (C=O) groups is 1. The number of hydrogen-bond donors (Lipinski definition) is 3. The van der Waals surface area contributed by atoms with Crippen LogP contribution in [-0.2, 0) is 16.1 Å². The van der Waals surface area contributed by atoms with Crippen LogP contribution in [0, 0.1) is 17.2 Å². The van der Waals surface area contributed by atoms with Gasteiger partial charge in [0.15, 0.2) is 6.10 Å². The summed E-state index contributed by atoms with van der Waals surface area (Å²) in [4.78, 5) is 12.0. The molecule has 6 nitrogen and oxygen atoms in total. The highest BCUT2D eigenvalue weighted by atomic mass is 35.5. The van der Waals surface area contributed by atoms with Crippen LogP contribution < -0.4 is 10.6 Å². The molecule has 1 aromatic rings. The lowest BCUT2D eigenvalue weighted by molar-refractivity contribution is -0.130. The molecule has 1 aliphatic heterocycles. The zero-order valence-corrected chi connectivity index (χ0v) is 14.1. The molecule has 3 N–H and O–H groups in total. The smallest absolute Gasteiger partial charge is 0.251 e. The highest BCUT2D eigenvalue weighted by molar-refractivity contribution is 6.30. The Morgan fingerprint density at radius 2 is 2.21 bits per heavy atom. The van der Waals surface area contributed by atoms with Gasteiger partial charge in [-0.2, -0.15) is 5.26 Å². The first-order chi connectivity index (χ1) is 11.6. The Bertz CT molecular complexity index is 585. The summed E-state index contributed by atoms with van der Waals surface area (Å²) in [5.41, 5.74) is 0.826. The van der Waals surface area contributed by atoms with Crippen LogP contribution >= 0.6 is 11.6 Å². The van der Waals surface area contributed by atoms with Crippen molar-refractivity contribution in [3.63, 3.8) is 0 Å². The molecule has 1 saturated heterocycles. The molecule has 0 saturated carbocycles. The van der Waals surface area contributed by atoms with E-state index in [0.717, 1.165) is 18.4 Å². The molecule has 1 fully saturated rings. The van der Waals surface area contributed by atoms with Gasteiger partial charge in [-0.3, -0.25) is 10.1 Å². The van der Waals surface area contributed by atoms with Crippen molar-refractivity contribution in [2.75, 3.05) is 19.8 Å². The number of benzene rings is 1. The van der Waals surface area contributed by atoms with Gasteiger partial charge >= 0.3 is 0 Å². The van der Waals surface area contributed by atoms with Crippen molar-refractivity contribution in [2.45, 2.75) is 31.5 Å². The summed E-state index contributed by atoms with van der Waals surface area (Å²) in [5.74, 6) is -0.183. The summed E-state index contributed by atoms with van der Waals surface area (Å²) < 4.78 is 5.29. The minimum atomic E-state index is -1.42. The van der Waals surface area contributed by atoms with Gasteiger partial charge in [0.1, 0.15) is 6.04 Å². The zero-order chi connectivity index (χ0) is 17.4. The summed E-state index contributed by atoms with van der Waals surface area (Å²) in [6.45, 7) is 2.26. The van der Waals surface area contributed by atoms with E-state index in [9.17, 15) is 15.2 Å². The van der Waals surface area contributed by atoms with Gasteiger partial charge in [-0.25, -0.2) is 0 Å². The average Bonchev–Trinajstić information content (AvgIpc) is 2.61. The van der Waals surface area contributed by atoms with E-state index in [0.29, 0.717) is 30.7 Å². The van der Waals surface area contributed by atoms with E-state index < -0.39 is 18.1 Å². The number of aliphatic hydroxyl groups excluding tert-OH is 1. The number of carbonyl (C=O) groups excluding carboxylic acids is 1. The summed E-state index contributed by atoms with van der Waals surface area (Å²) in [6, 6.07) is 8.11. The van der Waals surface area contributed by atoms with Crippen LogP contribution in [0.1, 0.15) is 18.4 Å². The van der Waals surface area contributed by atoms with Crippen LogP contribution in [-0.4, -0.2) is 42.9 Å². The first-order valence-corrected chi connectivity index (χ1v) is 8.39. The molecule has 2 unspecified atom stereocenters. The zero-order valence-electron chi connectivity index (χ0n) is 13.4. The minimum Gasteiger partial charge on any atom is -0.381 e. The summed E-state index contributed by atoms with van der Waals surface area (Å²) in [5, 5.41) is 25.5. The quantitative estimate of drug-likeness (QED) is 0.686. The van der Waals surface area contributed by atoms with Gasteiger partial charge in [-0.1, -0.05) is 23.7 Å². The Hall–Kier alpha value is -1.65. The second-order valence-corrected chi connectivity index (χ2v) is 6.30. The molecular weight excluding hydrogens is 330 g/mol. The van der Waals surface area contributed by atoms with Crippen LogP contribution in [0.25, 0.3) is 0 Å². The topological polar surface area (TPSA) is 94.4 Å². The molecule has 1 aromatic carbocycles. The number of nitriles is 1. The van der Waals surface area contributed by atoms with Crippen molar-refractivity contribution in [2.24, 2.45) is 5.92 Å². The molecule has 24 heavy (non-hydrogen) atoms. The number of ether oxygens (including phenoxy) is 1. The molecular formula is C17H22ClN3O3. The number of rotatable bonds is 7. The van der Waals surface area contributed by atoms with Crippen LogP contribution in [0.15, 0.2) is 24.3 Å². The molecule has 0 aromatic heterocycles. The van der Waals surface area contributed by atoms with E-state index in [1.54, 1.807) is 18.2 Å². The second kappa shape index (κ2) is 9.60. The average molecular weight is 352 g/mol. The molecule has 7 heteroatoms. The van der Waals surface area contributed by atoms with Crippen molar-refractivity contribution < 1.29 is 14.6 Å². The highest BCUT2D eigenvalue weighted by Gasteiger charge is 2.26. The van der Waals surface area contributed by atoms with E-state index in [1.165, 1.54) is 0 Å². The van der Waals surface area contributed by atoms with Crippen molar-refractivity contribution in [3.8, 4) is 6.07 Å². The predicted molar refractivity (Wildman–Crippen MR) is 90.3 cm³/mol. The third-order valence-electron chi connectivity index (χ3n) is 4.05. The van der Waals surface area contributed by atoms with Crippen LogP contribution in [0.3, 0.4) is 0 Å². The second-order valence-electron chi connectivity index (χ2n) is 5.86. The van der Waals surface area contributed by atoms with Crippen molar-refractivity contribution in [1.29, 1.82) is 5.26 Å². The van der Waals surface area contributed by atoms with Gasteiger partial charge in [-0.15, -0.1) is 0 Å². The van der Waals surface area contributed by atoms with Crippen LogP contribution in [0.2, 0.25) is 5.02 Å². The fourth-order valence-corrected chi connectivity index (χ4v) is 2.78.